The van der Waals surface area contributed by atoms with Crippen LogP contribution in [0.15, 0.2) is 16.6 Å². The van der Waals surface area contributed by atoms with Crippen LogP contribution >= 0.6 is 11.3 Å². The molecule has 2 aromatic heterocycles. The first kappa shape index (κ1) is 14.8. The van der Waals surface area contributed by atoms with Crippen molar-refractivity contribution >= 4 is 32.1 Å². The highest BCUT2D eigenvalue weighted by molar-refractivity contribution is 7.89. The van der Waals surface area contributed by atoms with Gasteiger partial charge in [-0.2, -0.15) is 4.31 Å². The molecule has 1 N–H and O–H groups in total. The zero-order valence-electron chi connectivity index (χ0n) is 12.2. The standard InChI is InChI=1S/C13H20N4O2S2/c1-3-10-6-5-7-17(10)21(18,19)12-11(14-4-2)15-13-16(12)8-9-20-13/h8-10,14H,3-7H2,1-2H3. The second-order valence-corrected chi connectivity index (χ2v) is 7.85. The van der Waals surface area contributed by atoms with Crippen LogP contribution in [0.1, 0.15) is 33.1 Å². The average Bonchev–Trinajstić information content (AvgIpc) is 3.12. The molecule has 116 valence electrons. The predicted molar refractivity (Wildman–Crippen MR) is 84.4 cm³/mol. The number of sulfonamides is 1. The fourth-order valence-corrected chi connectivity index (χ4v) is 5.71. The second-order valence-electron chi connectivity index (χ2n) is 5.17. The minimum absolute atomic E-state index is 0.105. The lowest BCUT2D eigenvalue weighted by atomic mass is 10.2. The molecule has 6 nitrogen and oxygen atoms in total. The van der Waals surface area contributed by atoms with Gasteiger partial charge in [0.1, 0.15) is 0 Å². The van der Waals surface area contributed by atoms with Crippen LogP contribution in [-0.4, -0.2) is 41.2 Å². The van der Waals surface area contributed by atoms with Gasteiger partial charge in [-0.05, 0) is 26.2 Å². The fourth-order valence-electron chi connectivity index (χ4n) is 2.94. The first-order valence-electron chi connectivity index (χ1n) is 7.30. The predicted octanol–water partition coefficient (Wildman–Crippen LogP) is 2.39. The van der Waals surface area contributed by atoms with Gasteiger partial charge in [-0.15, -0.1) is 11.3 Å². The Morgan fingerprint density at radius 3 is 3.00 bits per heavy atom. The van der Waals surface area contributed by atoms with Crippen LogP contribution in [0.3, 0.4) is 0 Å². The van der Waals surface area contributed by atoms with Crippen LogP contribution in [0.4, 0.5) is 5.82 Å². The number of imidazole rings is 1. The third kappa shape index (κ3) is 2.35. The molecule has 1 atom stereocenters. The Balaban J connectivity index is 2.13. The molecule has 1 aliphatic heterocycles. The number of fused-ring (bicyclic) bond motifs is 1. The normalized spacial score (nSPS) is 20.4. The molecule has 0 saturated carbocycles. The molecule has 2 aromatic rings. The van der Waals surface area contributed by atoms with Crippen LogP contribution in [0.5, 0.6) is 0 Å². The van der Waals surface area contributed by atoms with Crippen LogP contribution in [0.2, 0.25) is 0 Å². The number of hydrogen-bond donors (Lipinski definition) is 1. The Hall–Kier alpha value is -1.12. The van der Waals surface area contributed by atoms with Crippen molar-refractivity contribution in [3.05, 3.63) is 11.6 Å². The highest BCUT2D eigenvalue weighted by atomic mass is 32.2. The lowest BCUT2D eigenvalue weighted by molar-refractivity contribution is 0.378. The van der Waals surface area contributed by atoms with Gasteiger partial charge in [-0.25, -0.2) is 13.4 Å². The molecular weight excluding hydrogens is 308 g/mol. The van der Waals surface area contributed by atoms with Gasteiger partial charge in [0.15, 0.2) is 15.8 Å². The summed E-state index contributed by atoms with van der Waals surface area (Å²) in [7, 11) is -3.53. The lowest BCUT2D eigenvalue weighted by Gasteiger charge is -2.23. The number of nitrogens with zero attached hydrogens (tertiary/aromatic N) is 3. The molecular formula is C13H20N4O2S2. The van der Waals surface area contributed by atoms with E-state index in [0.717, 1.165) is 19.3 Å². The van der Waals surface area contributed by atoms with E-state index in [-0.39, 0.29) is 11.1 Å². The quantitative estimate of drug-likeness (QED) is 0.915. The molecule has 8 heteroatoms. The Bertz CT molecular complexity index is 735. The summed E-state index contributed by atoms with van der Waals surface area (Å²) in [4.78, 5) is 5.12. The topological polar surface area (TPSA) is 66.7 Å². The van der Waals surface area contributed by atoms with Gasteiger partial charge in [-0.1, -0.05) is 6.92 Å². The maximum atomic E-state index is 13.1. The van der Waals surface area contributed by atoms with Crippen molar-refractivity contribution in [3.63, 3.8) is 0 Å². The monoisotopic (exact) mass is 328 g/mol. The third-order valence-corrected chi connectivity index (χ3v) is 6.64. The molecule has 0 radical (unpaired) electrons. The summed E-state index contributed by atoms with van der Waals surface area (Å²) < 4.78 is 29.5. The van der Waals surface area contributed by atoms with Gasteiger partial charge in [0.05, 0.1) is 0 Å². The summed E-state index contributed by atoms with van der Waals surface area (Å²) in [5.41, 5.74) is 0. The van der Waals surface area contributed by atoms with E-state index < -0.39 is 10.0 Å². The third-order valence-electron chi connectivity index (χ3n) is 3.91. The molecule has 1 unspecified atom stereocenters. The Labute approximate surface area is 128 Å². The van der Waals surface area contributed by atoms with Crippen molar-refractivity contribution < 1.29 is 8.42 Å². The molecule has 1 saturated heterocycles. The second kappa shape index (κ2) is 5.58. The van der Waals surface area contributed by atoms with E-state index in [1.165, 1.54) is 11.3 Å². The highest BCUT2D eigenvalue weighted by Gasteiger charge is 2.38. The SMILES string of the molecule is CCNc1nc2sccn2c1S(=O)(=O)N1CCCC1CC. The maximum absolute atomic E-state index is 13.1. The molecule has 0 amide bonds. The summed E-state index contributed by atoms with van der Waals surface area (Å²) in [5.74, 6) is 0.464. The van der Waals surface area contributed by atoms with E-state index in [2.05, 4.69) is 10.3 Å². The summed E-state index contributed by atoms with van der Waals surface area (Å²) in [5, 5.41) is 5.22. The molecule has 21 heavy (non-hydrogen) atoms. The molecule has 1 fully saturated rings. The van der Waals surface area contributed by atoms with Crippen molar-refractivity contribution in [1.29, 1.82) is 0 Å². The number of thiazole rings is 1. The van der Waals surface area contributed by atoms with Crippen LogP contribution in [0, 0.1) is 0 Å². The number of nitrogens with one attached hydrogen (secondary N) is 1. The van der Waals surface area contributed by atoms with Gasteiger partial charge >= 0.3 is 0 Å². The summed E-state index contributed by atoms with van der Waals surface area (Å²) in [6.45, 7) is 5.23. The smallest absolute Gasteiger partial charge is 0.263 e. The molecule has 0 aliphatic carbocycles. The van der Waals surface area contributed by atoms with E-state index in [0.29, 0.717) is 23.9 Å². The minimum Gasteiger partial charge on any atom is -0.368 e. The van der Waals surface area contributed by atoms with Crippen LogP contribution < -0.4 is 5.32 Å². The Morgan fingerprint density at radius 2 is 2.29 bits per heavy atom. The first-order chi connectivity index (χ1) is 10.1. The van der Waals surface area contributed by atoms with Crippen molar-refractivity contribution in [2.75, 3.05) is 18.4 Å². The fraction of sp³-hybridized carbons (Fsp3) is 0.615. The molecule has 0 bridgehead atoms. The minimum atomic E-state index is -3.53. The lowest BCUT2D eigenvalue weighted by Crippen LogP contribution is -2.36. The van der Waals surface area contributed by atoms with Gasteiger partial charge in [0.2, 0.25) is 0 Å². The summed E-state index contributed by atoms with van der Waals surface area (Å²) in [6, 6.07) is 0.105. The van der Waals surface area contributed by atoms with Gasteiger partial charge in [0.25, 0.3) is 10.0 Å². The first-order valence-corrected chi connectivity index (χ1v) is 9.62. The average molecular weight is 328 g/mol. The number of rotatable bonds is 5. The van der Waals surface area contributed by atoms with Crippen molar-refractivity contribution in [2.45, 2.75) is 44.2 Å². The van der Waals surface area contributed by atoms with Crippen LogP contribution in [0.25, 0.3) is 4.96 Å². The molecule has 0 spiro atoms. The van der Waals surface area contributed by atoms with Crippen LogP contribution in [-0.2, 0) is 10.0 Å². The van der Waals surface area contributed by atoms with Gasteiger partial charge in [0, 0.05) is 30.7 Å². The number of anilines is 1. The van der Waals surface area contributed by atoms with E-state index in [4.69, 9.17) is 0 Å². The van der Waals surface area contributed by atoms with E-state index >= 15 is 0 Å². The Kier molecular flexibility index (Phi) is 3.94. The summed E-state index contributed by atoms with van der Waals surface area (Å²) >= 11 is 1.44. The van der Waals surface area contributed by atoms with E-state index in [9.17, 15) is 8.42 Å². The van der Waals surface area contributed by atoms with Crippen molar-refractivity contribution in [2.24, 2.45) is 0 Å². The van der Waals surface area contributed by atoms with E-state index in [1.807, 2.05) is 19.2 Å². The molecule has 3 heterocycles. The van der Waals surface area contributed by atoms with Gasteiger partial charge in [-0.3, -0.25) is 4.40 Å². The van der Waals surface area contributed by atoms with Crippen molar-refractivity contribution in [1.82, 2.24) is 13.7 Å². The number of hydrogen-bond acceptors (Lipinski definition) is 5. The molecule has 3 rings (SSSR count). The van der Waals surface area contributed by atoms with Gasteiger partial charge < -0.3 is 5.32 Å². The highest BCUT2D eigenvalue weighted by Crippen LogP contribution is 2.32. The maximum Gasteiger partial charge on any atom is 0.263 e. The molecule has 0 aromatic carbocycles. The Morgan fingerprint density at radius 1 is 1.48 bits per heavy atom. The number of aromatic nitrogens is 2. The van der Waals surface area contributed by atoms with E-state index in [1.54, 1.807) is 14.9 Å². The summed E-state index contributed by atoms with van der Waals surface area (Å²) in [6.07, 6.45) is 4.50. The zero-order valence-corrected chi connectivity index (χ0v) is 13.9. The van der Waals surface area contributed by atoms with Crippen molar-refractivity contribution in [3.8, 4) is 0 Å². The largest absolute Gasteiger partial charge is 0.368 e. The molecule has 1 aliphatic rings. The zero-order chi connectivity index (χ0) is 15.0.